The van der Waals surface area contributed by atoms with Crippen molar-refractivity contribution >= 4 is 32.9 Å². The second-order valence-electron chi connectivity index (χ2n) is 6.34. The molecule has 0 aromatic heterocycles. The molecule has 6 heteroatoms. The van der Waals surface area contributed by atoms with Gasteiger partial charge in [-0.2, -0.15) is 0 Å². The summed E-state index contributed by atoms with van der Waals surface area (Å²) in [6, 6.07) is 12.0. The number of allylic oxidation sites excluding steroid dienone is 1. The summed E-state index contributed by atoms with van der Waals surface area (Å²) in [5.41, 5.74) is 4.29. The molecule has 1 aliphatic rings. The highest BCUT2D eigenvalue weighted by atomic mass is 32.2. The van der Waals surface area contributed by atoms with Crippen LogP contribution in [0, 0.1) is 6.92 Å². The molecule has 5 nitrogen and oxygen atoms in total. The van der Waals surface area contributed by atoms with Crippen molar-refractivity contribution in [3.05, 3.63) is 59.2 Å². The molecule has 0 fully saturated rings. The van der Waals surface area contributed by atoms with Crippen molar-refractivity contribution in [1.29, 1.82) is 0 Å². The summed E-state index contributed by atoms with van der Waals surface area (Å²) >= 11 is 0. The standard InChI is InChI=1S/C19H20N2O3S/c1-12(2)18-16-11-15(9-10-17(16)20-19(18)22)25(23,24)21(4)14-7-5-13(3)6-8-14/h5-11H,1-4H3,(H,20,22). The Morgan fingerprint density at radius 1 is 1.04 bits per heavy atom. The van der Waals surface area contributed by atoms with Crippen LogP contribution in [0.25, 0.3) is 5.57 Å². The molecule has 0 aliphatic carbocycles. The van der Waals surface area contributed by atoms with Crippen LogP contribution < -0.4 is 9.62 Å². The zero-order valence-electron chi connectivity index (χ0n) is 14.6. The lowest BCUT2D eigenvalue weighted by molar-refractivity contribution is -0.110. The highest BCUT2D eigenvalue weighted by molar-refractivity contribution is 7.92. The van der Waals surface area contributed by atoms with E-state index in [1.165, 1.54) is 17.4 Å². The minimum Gasteiger partial charge on any atom is -0.321 e. The van der Waals surface area contributed by atoms with Gasteiger partial charge in [0.25, 0.3) is 15.9 Å². The highest BCUT2D eigenvalue weighted by Gasteiger charge is 2.29. The van der Waals surface area contributed by atoms with E-state index in [2.05, 4.69) is 5.32 Å². The van der Waals surface area contributed by atoms with Crippen molar-refractivity contribution < 1.29 is 13.2 Å². The van der Waals surface area contributed by atoms with Crippen LogP contribution in [0.3, 0.4) is 0 Å². The maximum Gasteiger partial charge on any atom is 0.264 e. The topological polar surface area (TPSA) is 66.5 Å². The molecular formula is C19H20N2O3S. The van der Waals surface area contributed by atoms with E-state index in [1.807, 2.05) is 32.9 Å². The van der Waals surface area contributed by atoms with Gasteiger partial charge in [-0.05, 0) is 51.1 Å². The fourth-order valence-electron chi connectivity index (χ4n) is 2.85. The first kappa shape index (κ1) is 17.2. The summed E-state index contributed by atoms with van der Waals surface area (Å²) in [4.78, 5) is 12.2. The van der Waals surface area contributed by atoms with Gasteiger partial charge in [0.15, 0.2) is 0 Å². The highest BCUT2D eigenvalue weighted by Crippen LogP contribution is 2.36. The molecule has 25 heavy (non-hydrogen) atoms. The van der Waals surface area contributed by atoms with E-state index in [0.717, 1.165) is 11.1 Å². The van der Waals surface area contributed by atoms with Crippen LogP contribution in [-0.2, 0) is 14.8 Å². The average molecular weight is 356 g/mol. The number of benzene rings is 2. The molecule has 130 valence electrons. The summed E-state index contributed by atoms with van der Waals surface area (Å²) in [5.74, 6) is -0.198. The SMILES string of the molecule is CC(C)=C1C(=O)Nc2ccc(S(=O)(=O)N(C)c3ccc(C)cc3)cc21. The summed E-state index contributed by atoms with van der Waals surface area (Å²) in [6.07, 6.45) is 0. The number of nitrogens with one attached hydrogen (secondary N) is 1. The van der Waals surface area contributed by atoms with Crippen LogP contribution in [0.2, 0.25) is 0 Å². The lowest BCUT2D eigenvalue weighted by atomic mass is 10.0. The number of sulfonamides is 1. The first-order chi connectivity index (χ1) is 11.7. The number of carbonyl (C=O) groups is 1. The summed E-state index contributed by atoms with van der Waals surface area (Å²) in [6.45, 7) is 5.62. The van der Waals surface area contributed by atoms with Gasteiger partial charge in [-0.15, -0.1) is 0 Å². The molecule has 3 rings (SSSR count). The predicted octanol–water partition coefficient (Wildman–Crippen LogP) is 3.57. The maximum absolute atomic E-state index is 13.0. The van der Waals surface area contributed by atoms with Gasteiger partial charge in [0.05, 0.1) is 10.6 Å². The van der Waals surface area contributed by atoms with Crippen LogP contribution in [-0.4, -0.2) is 21.4 Å². The van der Waals surface area contributed by atoms with E-state index >= 15 is 0 Å². The lowest BCUT2D eigenvalue weighted by Crippen LogP contribution is -2.26. The summed E-state index contributed by atoms with van der Waals surface area (Å²) in [7, 11) is -2.20. The molecule has 1 heterocycles. The van der Waals surface area contributed by atoms with E-state index in [0.29, 0.717) is 22.5 Å². The molecule has 0 saturated carbocycles. The van der Waals surface area contributed by atoms with E-state index in [1.54, 1.807) is 24.3 Å². The largest absolute Gasteiger partial charge is 0.321 e. The van der Waals surface area contributed by atoms with Crippen molar-refractivity contribution in [3.8, 4) is 0 Å². The van der Waals surface area contributed by atoms with Gasteiger partial charge in [0.1, 0.15) is 0 Å². The molecule has 0 atom stereocenters. The minimum absolute atomic E-state index is 0.157. The molecule has 2 aromatic rings. The van der Waals surface area contributed by atoms with Gasteiger partial charge in [0.2, 0.25) is 0 Å². The average Bonchev–Trinajstić information content (AvgIpc) is 2.89. The molecule has 0 spiro atoms. The Morgan fingerprint density at radius 2 is 1.68 bits per heavy atom. The van der Waals surface area contributed by atoms with E-state index in [9.17, 15) is 13.2 Å². The van der Waals surface area contributed by atoms with Gasteiger partial charge in [-0.25, -0.2) is 8.42 Å². The van der Waals surface area contributed by atoms with Crippen LogP contribution in [0.15, 0.2) is 52.9 Å². The fourth-order valence-corrected chi connectivity index (χ4v) is 4.08. The summed E-state index contributed by atoms with van der Waals surface area (Å²) < 4.78 is 27.2. The monoisotopic (exact) mass is 356 g/mol. The van der Waals surface area contributed by atoms with E-state index in [4.69, 9.17) is 0 Å². The number of hydrogen-bond donors (Lipinski definition) is 1. The van der Waals surface area contributed by atoms with Crippen molar-refractivity contribution in [2.24, 2.45) is 0 Å². The van der Waals surface area contributed by atoms with Crippen LogP contribution in [0.5, 0.6) is 0 Å². The Bertz CT molecular complexity index is 986. The molecule has 0 radical (unpaired) electrons. The number of amides is 1. The number of fused-ring (bicyclic) bond motifs is 1. The van der Waals surface area contributed by atoms with Gasteiger partial charge in [-0.3, -0.25) is 9.10 Å². The zero-order valence-corrected chi connectivity index (χ0v) is 15.4. The van der Waals surface area contributed by atoms with Crippen LogP contribution in [0.1, 0.15) is 25.0 Å². The molecule has 1 N–H and O–H groups in total. The molecule has 1 aliphatic heterocycles. The quantitative estimate of drug-likeness (QED) is 0.855. The Kier molecular flexibility index (Phi) is 4.16. The maximum atomic E-state index is 13.0. The van der Waals surface area contributed by atoms with Crippen molar-refractivity contribution in [1.82, 2.24) is 0 Å². The van der Waals surface area contributed by atoms with Gasteiger partial charge < -0.3 is 5.32 Å². The van der Waals surface area contributed by atoms with Gasteiger partial charge in [-0.1, -0.05) is 23.3 Å². The van der Waals surface area contributed by atoms with Crippen LogP contribution >= 0.6 is 0 Å². The molecule has 0 bridgehead atoms. The van der Waals surface area contributed by atoms with Gasteiger partial charge in [0, 0.05) is 23.9 Å². The molecule has 0 unspecified atom stereocenters. The van der Waals surface area contributed by atoms with E-state index in [-0.39, 0.29) is 10.8 Å². The van der Waals surface area contributed by atoms with E-state index < -0.39 is 10.0 Å². The molecule has 2 aromatic carbocycles. The molecule has 0 saturated heterocycles. The zero-order chi connectivity index (χ0) is 18.4. The Morgan fingerprint density at radius 3 is 2.28 bits per heavy atom. The Balaban J connectivity index is 2.07. The van der Waals surface area contributed by atoms with Gasteiger partial charge >= 0.3 is 0 Å². The van der Waals surface area contributed by atoms with Crippen molar-refractivity contribution in [3.63, 3.8) is 0 Å². The molecular weight excluding hydrogens is 336 g/mol. The number of anilines is 2. The second-order valence-corrected chi connectivity index (χ2v) is 8.31. The third-order valence-corrected chi connectivity index (χ3v) is 6.07. The third kappa shape index (κ3) is 2.93. The van der Waals surface area contributed by atoms with Crippen molar-refractivity contribution in [2.75, 3.05) is 16.7 Å². The number of aryl methyl sites for hydroxylation is 1. The smallest absolute Gasteiger partial charge is 0.264 e. The Labute approximate surface area is 148 Å². The number of carbonyl (C=O) groups excluding carboxylic acids is 1. The predicted molar refractivity (Wildman–Crippen MR) is 100 cm³/mol. The second kappa shape index (κ2) is 6.04. The summed E-state index contributed by atoms with van der Waals surface area (Å²) in [5, 5.41) is 2.77. The number of nitrogens with zero attached hydrogens (tertiary/aromatic N) is 1. The minimum atomic E-state index is -3.72. The normalized spacial score (nSPS) is 13.4. The number of hydrogen-bond acceptors (Lipinski definition) is 3. The Hall–Kier alpha value is -2.60. The lowest BCUT2D eigenvalue weighted by Gasteiger charge is -2.20. The third-order valence-electron chi connectivity index (χ3n) is 4.29. The fraction of sp³-hybridized carbons (Fsp3) is 0.211. The van der Waals surface area contributed by atoms with Crippen molar-refractivity contribution in [2.45, 2.75) is 25.7 Å². The van der Waals surface area contributed by atoms with Crippen LogP contribution in [0.4, 0.5) is 11.4 Å². The first-order valence-corrected chi connectivity index (χ1v) is 9.34. The number of rotatable bonds is 3. The molecule has 1 amide bonds. The first-order valence-electron chi connectivity index (χ1n) is 7.90.